The maximum Gasteiger partial charge on any atom is 0.411 e. The molecule has 1 fully saturated rings. The quantitative estimate of drug-likeness (QED) is 0.741. The van der Waals surface area contributed by atoms with E-state index in [4.69, 9.17) is 9.47 Å². The SMILES string of the molecule is CC(C)(C)OC(=O)N1C[C@@H](NC(=O)OCc2ccccc2)C[C@H]1C(=O)N1Cc2ccccc2C1. The number of nitrogens with one attached hydrogen (secondary N) is 1. The lowest BCUT2D eigenvalue weighted by Gasteiger charge is -2.30. The third kappa shape index (κ3) is 5.68. The van der Waals surface area contributed by atoms with Crippen LogP contribution < -0.4 is 5.32 Å². The van der Waals surface area contributed by atoms with Crippen molar-refractivity contribution < 1.29 is 23.9 Å². The van der Waals surface area contributed by atoms with Crippen LogP contribution in [-0.2, 0) is 34.0 Å². The zero-order valence-corrected chi connectivity index (χ0v) is 19.8. The molecule has 8 heteroatoms. The second-order valence-electron chi connectivity index (χ2n) is 9.75. The van der Waals surface area contributed by atoms with Crippen LogP contribution in [0.15, 0.2) is 54.6 Å². The maximum absolute atomic E-state index is 13.5. The van der Waals surface area contributed by atoms with Gasteiger partial charge in [0.05, 0.1) is 6.04 Å². The molecule has 0 radical (unpaired) electrons. The summed E-state index contributed by atoms with van der Waals surface area (Å²) in [6, 6.07) is 16.2. The molecule has 0 unspecified atom stereocenters. The number of carbonyl (C=O) groups is 3. The van der Waals surface area contributed by atoms with Gasteiger partial charge in [0, 0.05) is 19.6 Å². The molecule has 2 aliphatic heterocycles. The molecule has 2 aromatic rings. The highest BCUT2D eigenvalue weighted by molar-refractivity contribution is 5.87. The van der Waals surface area contributed by atoms with E-state index in [0.717, 1.165) is 16.7 Å². The fraction of sp³-hybridized carbons (Fsp3) is 0.423. The van der Waals surface area contributed by atoms with Crippen molar-refractivity contribution in [1.82, 2.24) is 15.1 Å². The molecule has 0 spiro atoms. The number of hydrogen-bond acceptors (Lipinski definition) is 5. The van der Waals surface area contributed by atoms with E-state index in [0.29, 0.717) is 19.5 Å². The first-order chi connectivity index (χ1) is 16.2. The topological polar surface area (TPSA) is 88.2 Å². The smallest absolute Gasteiger partial charge is 0.411 e. The van der Waals surface area contributed by atoms with Crippen molar-refractivity contribution in [2.24, 2.45) is 0 Å². The number of alkyl carbamates (subject to hydrolysis) is 1. The van der Waals surface area contributed by atoms with Crippen molar-refractivity contribution in [1.29, 1.82) is 0 Å². The third-order valence-corrected chi connectivity index (χ3v) is 5.90. The lowest BCUT2D eigenvalue weighted by molar-refractivity contribution is -0.136. The van der Waals surface area contributed by atoms with Gasteiger partial charge in [0.15, 0.2) is 0 Å². The van der Waals surface area contributed by atoms with Crippen molar-refractivity contribution >= 4 is 18.1 Å². The number of fused-ring (bicyclic) bond motifs is 1. The molecule has 8 nitrogen and oxygen atoms in total. The Kier molecular flexibility index (Phi) is 6.77. The predicted octanol–water partition coefficient (Wildman–Crippen LogP) is 3.83. The van der Waals surface area contributed by atoms with Crippen LogP contribution in [0.3, 0.4) is 0 Å². The number of nitrogens with zero attached hydrogens (tertiary/aromatic N) is 2. The van der Waals surface area contributed by atoms with Crippen molar-refractivity contribution in [3.05, 3.63) is 71.3 Å². The van der Waals surface area contributed by atoms with Crippen LogP contribution in [0.1, 0.15) is 43.9 Å². The Morgan fingerprint density at radius 1 is 0.971 bits per heavy atom. The predicted molar refractivity (Wildman–Crippen MR) is 126 cm³/mol. The first kappa shape index (κ1) is 23.6. The van der Waals surface area contributed by atoms with E-state index in [-0.39, 0.29) is 19.1 Å². The Bertz CT molecular complexity index is 1020. The molecule has 2 aromatic carbocycles. The molecule has 3 amide bonds. The van der Waals surface area contributed by atoms with Gasteiger partial charge in [-0.1, -0.05) is 54.6 Å². The average Bonchev–Trinajstić information content (AvgIpc) is 3.41. The van der Waals surface area contributed by atoms with Gasteiger partial charge in [0.1, 0.15) is 18.2 Å². The molecule has 4 rings (SSSR count). The van der Waals surface area contributed by atoms with Crippen molar-refractivity contribution in [3.63, 3.8) is 0 Å². The Morgan fingerprint density at radius 2 is 1.59 bits per heavy atom. The molecule has 0 aromatic heterocycles. The number of amides is 3. The summed E-state index contributed by atoms with van der Waals surface area (Å²) < 4.78 is 10.9. The average molecular weight is 466 g/mol. The van der Waals surface area contributed by atoms with E-state index < -0.39 is 29.9 Å². The summed E-state index contributed by atoms with van der Waals surface area (Å²) in [4.78, 5) is 42.0. The summed E-state index contributed by atoms with van der Waals surface area (Å²) in [5.74, 6) is -0.149. The second kappa shape index (κ2) is 9.75. The van der Waals surface area contributed by atoms with Crippen LogP contribution in [0.4, 0.5) is 9.59 Å². The van der Waals surface area contributed by atoms with Gasteiger partial charge < -0.3 is 19.7 Å². The summed E-state index contributed by atoms with van der Waals surface area (Å²) in [7, 11) is 0. The van der Waals surface area contributed by atoms with Gasteiger partial charge in [0.2, 0.25) is 5.91 Å². The number of benzene rings is 2. The third-order valence-electron chi connectivity index (χ3n) is 5.90. The van der Waals surface area contributed by atoms with Crippen molar-refractivity contribution in [2.75, 3.05) is 6.54 Å². The minimum absolute atomic E-state index is 0.142. The zero-order valence-electron chi connectivity index (χ0n) is 19.8. The molecule has 0 saturated carbocycles. The van der Waals surface area contributed by atoms with Gasteiger partial charge in [-0.2, -0.15) is 0 Å². The summed E-state index contributed by atoms with van der Waals surface area (Å²) >= 11 is 0. The highest BCUT2D eigenvalue weighted by Gasteiger charge is 2.44. The summed E-state index contributed by atoms with van der Waals surface area (Å²) in [6.45, 7) is 6.68. The van der Waals surface area contributed by atoms with Crippen LogP contribution in [0, 0.1) is 0 Å². The lowest BCUT2D eigenvalue weighted by atomic mass is 10.1. The standard InChI is InChI=1S/C26H31N3O5/c1-26(2,3)34-25(32)29-16-21(27-24(31)33-17-18-9-5-4-6-10-18)13-22(29)23(30)28-14-19-11-7-8-12-20(19)15-28/h4-12,21-22H,13-17H2,1-3H3,(H,27,31)/t21-,22-/m0/s1. The Hall–Kier alpha value is -3.55. The van der Waals surface area contributed by atoms with Crippen molar-refractivity contribution in [2.45, 2.75) is 64.6 Å². The van der Waals surface area contributed by atoms with Gasteiger partial charge in [-0.15, -0.1) is 0 Å². The normalized spacial score (nSPS) is 19.5. The first-order valence-corrected chi connectivity index (χ1v) is 11.5. The Morgan fingerprint density at radius 3 is 2.21 bits per heavy atom. The van der Waals surface area contributed by atoms with E-state index in [1.165, 1.54) is 4.90 Å². The number of ether oxygens (including phenoxy) is 2. The van der Waals surface area contributed by atoms with E-state index in [2.05, 4.69) is 5.32 Å². The maximum atomic E-state index is 13.5. The van der Waals surface area contributed by atoms with E-state index >= 15 is 0 Å². The molecule has 0 bridgehead atoms. The Labute approximate surface area is 199 Å². The van der Waals surface area contributed by atoms with E-state index in [1.54, 1.807) is 25.7 Å². The van der Waals surface area contributed by atoms with Gasteiger partial charge >= 0.3 is 12.2 Å². The highest BCUT2D eigenvalue weighted by Crippen LogP contribution is 2.28. The number of hydrogen-bond donors (Lipinski definition) is 1. The molecule has 34 heavy (non-hydrogen) atoms. The van der Waals surface area contributed by atoms with E-state index in [9.17, 15) is 14.4 Å². The monoisotopic (exact) mass is 465 g/mol. The Balaban J connectivity index is 1.42. The fourth-order valence-electron chi connectivity index (χ4n) is 4.33. The van der Waals surface area contributed by atoms with Gasteiger partial charge in [0.25, 0.3) is 0 Å². The van der Waals surface area contributed by atoms with Gasteiger partial charge in [-0.25, -0.2) is 9.59 Å². The lowest BCUT2D eigenvalue weighted by Crippen LogP contribution is -2.47. The summed E-state index contributed by atoms with van der Waals surface area (Å²) in [6.07, 6.45) is -0.852. The second-order valence-corrected chi connectivity index (χ2v) is 9.75. The molecule has 2 heterocycles. The molecule has 1 N–H and O–H groups in total. The molecular weight excluding hydrogens is 434 g/mol. The van der Waals surface area contributed by atoms with Crippen LogP contribution >= 0.6 is 0 Å². The minimum Gasteiger partial charge on any atom is -0.445 e. The summed E-state index contributed by atoms with van der Waals surface area (Å²) in [5.41, 5.74) is 2.39. The van der Waals surface area contributed by atoms with Crippen LogP contribution in [0.2, 0.25) is 0 Å². The van der Waals surface area contributed by atoms with Crippen LogP contribution in [-0.4, -0.2) is 52.1 Å². The van der Waals surface area contributed by atoms with Gasteiger partial charge in [-0.05, 0) is 43.9 Å². The molecule has 1 saturated heterocycles. The number of rotatable bonds is 4. The van der Waals surface area contributed by atoms with Gasteiger partial charge in [-0.3, -0.25) is 9.69 Å². The number of likely N-dealkylation sites (tertiary alicyclic amines) is 1. The zero-order chi connectivity index (χ0) is 24.3. The van der Waals surface area contributed by atoms with Crippen molar-refractivity contribution in [3.8, 4) is 0 Å². The highest BCUT2D eigenvalue weighted by atomic mass is 16.6. The van der Waals surface area contributed by atoms with Crippen LogP contribution in [0.5, 0.6) is 0 Å². The first-order valence-electron chi connectivity index (χ1n) is 11.5. The molecule has 0 aliphatic carbocycles. The van der Waals surface area contributed by atoms with E-state index in [1.807, 2.05) is 54.6 Å². The fourth-order valence-corrected chi connectivity index (χ4v) is 4.33. The summed E-state index contributed by atoms with van der Waals surface area (Å²) in [5, 5.41) is 2.81. The molecule has 2 aliphatic rings. The largest absolute Gasteiger partial charge is 0.445 e. The molecular formula is C26H31N3O5. The molecule has 180 valence electrons. The molecule has 2 atom stereocenters. The van der Waals surface area contributed by atoms with Crippen LogP contribution in [0.25, 0.3) is 0 Å². The minimum atomic E-state index is -0.719. The number of carbonyl (C=O) groups excluding carboxylic acids is 3.